The Labute approximate surface area is 126 Å². The molecule has 0 atom stereocenters. The number of alkyl halides is 1. The molecule has 0 aliphatic carbocycles. The topological polar surface area (TPSA) is 62.2 Å². The van der Waals surface area contributed by atoms with Crippen LogP contribution >= 0.6 is 22.9 Å². The molecule has 106 valence electrons. The second kappa shape index (κ2) is 6.72. The molecule has 0 aliphatic heterocycles. The van der Waals surface area contributed by atoms with Gasteiger partial charge in [0.1, 0.15) is 10.8 Å². The molecule has 0 unspecified atom stereocenters. The van der Waals surface area contributed by atoms with Gasteiger partial charge in [0.15, 0.2) is 0 Å². The van der Waals surface area contributed by atoms with Crippen molar-refractivity contribution < 1.29 is 14.6 Å². The quantitative estimate of drug-likeness (QED) is 0.607. The first-order valence-corrected chi connectivity index (χ1v) is 7.45. The summed E-state index contributed by atoms with van der Waals surface area (Å²) in [5.41, 5.74) is 1.34. The molecule has 0 fully saturated rings. The number of thiazole rings is 1. The highest BCUT2D eigenvalue weighted by Gasteiger charge is 2.10. The van der Waals surface area contributed by atoms with Gasteiger partial charge in [-0.3, -0.25) is 0 Å². The molecule has 1 aromatic carbocycles. The lowest BCUT2D eigenvalue weighted by atomic mass is 10.2. The Bertz CT molecular complexity index is 595. The second-order valence-electron chi connectivity index (χ2n) is 4.14. The van der Waals surface area contributed by atoms with Crippen LogP contribution in [0.15, 0.2) is 24.3 Å². The number of aromatic carboxylic acids is 1. The molecule has 0 aliphatic rings. The molecule has 0 saturated carbocycles. The molecule has 0 saturated heterocycles. The van der Waals surface area contributed by atoms with E-state index >= 15 is 0 Å². The molecule has 0 N–H and O–H groups in total. The van der Waals surface area contributed by atoms with Crippen LogP contribution in [0.5, 0.6) is 5.75 Å². The van der Waals surface area contributed by atoms with Crippen molar-refractivity contribution in [3.63, 3.8) is 0 Å². The number of hydrogen-bond acceptors (Lipinski definition) is 5. The number of nitrogens with zero attached hydrogens (tertiary/aromatic N) is 1. The fourth-order valence-corrected chi connectivity index (χ4v) is 2.66. The third-order valence-electron chi connectivity index (χ3n) is 2.63. The van der Waals surface area contributed by atoms with Gasteiger partial charge in [0.25, 0.3) is 0 Å². The van der Waals surface area contributed by atoms with E-state index in [4.69, 9.17) is 16.3 Å². The number of halogens is 1. The number of aromatic nitrogens is 1. The predicted molar refractivity (Wildman–Crippen MR) is 77.4 cm³/mol. The zero-order valence-corrected chi connectivity index (χ0v) is 12.5. The van der Waals surface area contributed by atoms with E-state index in [-0.39, 0.29) is 4.88 Å². The molecule has 20 heavy (non-hydrogen) atoms. The molecule has 0 radical (unpaired) electrons. The van der Waals surface area contributed by atoms with Crippen molar-refractivity contribution in [2.75, 3.05) is 12.5 Å². The van der Waals surface area contributed by atoms with Crippen molar-refractivity contribution >= 4 is 28.9 Å². The van der Waals surface area contributed by atoms with Crippen LogP contribution in [0.4, 0.5) is 0 Å². The summed E-state index contributed by atoms with van der Waals surface area (Å²) in [6.45, 7) is 2.24. The van der Waals surface area contributed by atoms with E-state index in [2.05, 4.69) is 4.98 Å². The number of benzene rings is 1. The van der Waals surface area contributed by atoms with Crippen LogP contribution in [0.25, 0.3) is 10.6 Å². The van der Waals surface area contributed by atoms with Gasteiger partial charge in [0, 0.05) is 11.4 Å². The maximum absolute atomic E-state index is 10.9. The van der Waals surface area contributed by atoms with Gasteiger partial charge in [0.2, 0.25) is 0 Å². The summed E-state index contributed by atoms with van der Waals surface area (Å²) < 4.78 is 5.50. The van der Waals surface area contributed by atoms with E-state index in [9.17, 15) is 9.90 Å². The second-order valence-corrected chi connectivity index (χ2v) is 5.51. The van der Waals surface area contributed by atoms with Crippen molar-refractivity contribution in [2.45, 2.75) is 13.3 Å². The third kappa shape index (κ3) is 3.49. The first-order chi connectivity index (χ1) is 9.61. The number of aryl methyl sites for hydroxylation is 1. The van der Waals surface area contributed by atoms with Crippen LogP contribution in [-0.4, -0.2) is 23.4 Å². The Morgan fingerprint density at radius 1 is 1.40 bits per heavy atom. The molecule has 2 aromatic rings. The van der Waals surface area contributed by atoms with Crippen LogP contribution < -0.4 is 9.84 Å². The van der Waals surface area contributed by atoms with Gasteiger partial charge < -0.3 is 14.6 Å². The molecule has 1 heterocycles. The van der Waals surface area contributed by atoms with Crippen molar-refractivity contribution in [3.05, 3.63) is 34.8 Å². The molecular formula is C14H13ClNO3S-. The Balaban J connectivity index is 2.13. The summed E-state index contributed by atoms with van der Waals surface area (Å²) in [6, 6.07) is 7.37. The van der Waals surface area contributed by atoms with Gasteiger partial charge in [-0.25, -0.2) is 4.98 Å². The largest absolute Gasteiger partial charge is 0.544 e. The summed E-state index contributed by atoms with van der Waals surface area (Å²) in [5.74, 6) is 0.141. The highest BCUT2D eigenvalue weighted by molar-refractivity contribution is 7.17. The highest BCUT2D eigenvalue weighted by Crippen LogP contribution is 2.28. The zero-order chi connectivity index (χ0) is 14.5. The van der Waals surface area contributed by atoms with Crippen molar-refractivity contribution in [1.82, 2.24) is 4.98 Å². The third-order valence-corrected chi connectivity index (χ3v) is 4.08. The van der Waals surface area contributed by atoms with Crippen molar-refractivity contribution in [1.29, 1.82) is 0 Å². The summed E-state index contributed by atoms with van der Waals surface area (Å²) >= 11 is 6.69. The van der Waals surface area contributed by atoms with Crippen molar-refractivity contribution in [2.24, 2.45) is 0 Å². The molecule has 0 bridgehead atoms. The van der Waals surface area contributed by atoms with E-state index < -0.39 is 5.97 Å². The number of ether oxygens (including phenoxy) is 1. The normalized spacial score (nSPS) is 10.5. The van der Waals surface area contributed by atoms with Gasteiger partial charge >= 0.3 is 0 Å². The van der Waals surface area contributed by atoms with E-state index in [0.717, 1.165) is 29.1 Å². The summed E-state index contributed by atoms with van der Waals surface area (Å²) in [7, 11) is 0. The molecule has 2 rings (SSSR count). The van der Waals surface area contributed by atoms with E-state index in [1.54, 1.807) is 6.92 Å². The Hall–Kier alpha value is -1.59. The number of carbonyl (C=O) groups excluding carboxylic acids is 1. The zero-order valence-electron chi connectivity index (χ0n) is 10.9. The lowest BCUT2D eigenvalue weighted by molar-refractivity contribution is -0.254. The molecule has 4 nitrogen and oxygen atoms in total. The predicted octanol–water partition coefficient (Wildman–Crippen LogP) is 2.49. The Morgan fingerprint density at radius 2 is 2.10 bits per heavy atom. The number of carboxylic acids is 1. The summed E-state index contributed by atoms with van der Waals surface area (Å²) in [5, 5.41) is 11.6. The van der Waals surface area contributed by atoms with Gasteiger partial charge in [-0.1, -0.05) is 0 Å². The van der Waals surface area contributed by atoms with E-state index in [0.29, 0.717) is 23.2 Å². The van der Waals surface area contributed by atoms with Crippen LogP contribution in [0.3, 0.4) is 0 Å². The fraction of sp³-hybridized carbons (Fsp3) is 0.286. The Morgan fingerprint density at radius 3 is 2.65 bits per heavy atom. The Kier molecular flexibility index (Phi) is 4.98. The number of hydrogen-bond donors (Lipinski definition) is 0. The first-order valence-electron chi connectivity index (χ1n) is 6.10. The molecule has 0 amide bonds. The van der Waals surface area contributed by atoms with Crippen molar-refractivity contribution in [3.8, 4) is 16.3 Å². The molecule has 0 spiro atoms. The average molecular weight is 311 g/mol. The standard InChI is InChI=1S/C14H14ClNO3S/c1-9-12(14(17)18)20-13(16-9)10-3-5-11(6-4-10)19-8-2-7-15/h3-6H,2,7-8H2,1H3,(H,17,18)/p-1. The van der Waals surface area contributed by atoms with E-state index in [1.165, 1.54) is 0 Å². The summed E-state index contributed by atoms with van der Waals surface area (Å²) in [6.07, 6.45) is 0.796. The monoisotopic (exact) mass is 310 g/mol. The summed E-state index contributed by atoms with van der Waals surface area (Å²) in [4.78, 5) is 15.3. The molecule has 6 heteroatoms. The maximum atomic E-state index is 10.9. The smallest absolute Gasteiger partial charge is 0.124 e. The minimum Gasteiger partial charge on any atom is -0.544 e. The van der Waals surface area contributed by atoms with Crippen LogP contribution in [-0.2, 0) is 0 Å². The van der Waals surface area contributed by atoms with Crippen LogP contribution in [0, 0.1) is 6.92 Å². The van der Waals surface area contributed by atoms with Gasteiger partial charge in [0.05, 0.1) is 23.1 Å². The minimum atomic E-state index is -1.19. The van der Waals surface area contributed by atoms with Gasteiger partial charge in [-0.05, 0) is 37.6 Å². The van der Waals surface area contributed by atoms with Crippen LogP contribution in [0.1, 0.15) is 21.8 Å². The SMILES string of the molecule is Cc1nc(-c2ccc(OCCCCl)cc2)sc1C(=O)[O-]. The number of carboxylic acid groups (broad SMARTS) is 1. The van der Waals surface area contributed by atoms with Gasteiger partial charge in [-0.15, -0.1) is 22.9 Å². The van der Waals surface area contributed by atoms with Gasteiger partial charge in [-0.2, -0.15) is 0 Å². The lowest BCUT2D eigenvalue weighted by Crippen LogP contribution is -2.21. The molecule has 1 aromatic heterocycles. The minimum absolute atomic E-state index is 0.169. The number of rotatable bonds is 6. The lowest BCUT2D eigenvalue weighted by Gasteiger charge is -2.05. The highest BCUT2D eigenvalue weighted by atomic mass is 35.5. The fourth-order valence-electron chi connectivity index (χ4n) is 1.65. The number of carbonyl (C=O) groups is 1. The first kappa shape index (κ1) is 14.8. The molecular weight excluding hydrogens is 298 g/mol. The van der Waals surface area contributed by atoms with Crippen LogP contribution in [0.2, 0.25) is 0 Å². The average Bonchev–Trinajstić information content (AvgIpc) is 2.82. The maximum Gasteiger partial charge on any atom is 0.124 e. The van der Waals surface area contributed by atoms with E-state index in [1.807, 2.05) is 24.3 Å².